The molecule has 0 aromatic carbocycles. The zero-order chi connectivity index (χ0) is 23.2. The molecule has 1 amide bonds. The lowest BCUT2D eigenvalue weighted by atomic mass is 9.83. The summed E-state index contributed by atoms with van der Waals surface area (Å²) < 4.78 is 5.50. The molecule has 3 rings (SSSR count). The third-order valence-corrected chi connectivity index (χ3v) is 6.59. The largest absolute Gasteiger partial charge is 0.483 e. The minimum absolute atomic E-state index is 0.0196. The van der Waals surface area contributed by atoms with Gasteiger partial charge >= 0.3 is 5.63 Å². The van der Waals surface area contributed by atoms with Crippen molar-refractivity contribution in [3.05, 3.63) is 33.4 Å². The van der Waals surface area contributed by atoms with Gasteiger partial charge in [0.15, 0.2) is 0 Å². The van der Waals surface area contributed by atoms with Crippen molar-refractivity contribution in [2.45, 2.75) is 52.0 Å². The number of carbonyl (C=O) groups is 2. The van der Waals surface area contributed by atoms with Crippen LogP contribution in [0, 0.1) is 12.8 Å². The van der Waals surface area contributed by atoms with Crippen LogP contribution >= 0.6 is 0 Å². The second-order valence-electron chi connectivity index (χ2n) is 9.27. The first kappa shape index (κ1) is 25.1. The van der Waals surface area contributed by atoms with Gasteiger partial charge in [-0.15, -0.1) is 0 Å². The molecule has 3 heterocycles. The third kappa shape index (κ3) is 6.17. The highest BCUT2D eigenvalue weighted by Crippen LogP contribution is 2.31. The van der Waals surface area contributed by atoms with Crippen molar-refractivity contribution in [2.24, 2.45) is 5.92 Å². The SMILES string of the molecule is Cc1cc(CCC(C)C)oc(=O)c1C(=O)N1CCN(C)C2(CCN(C)CC2)C1.O=CO. The van der Waals surface area contributed by atoms with E-state index in [9.17, 15) is 9.59 Å². The Kier molecular flexibility index (Phi) is 8.82. The van der Waals surface area contributed by atoms with E-state index in [-0.39, 0.29) is 23.5 Å². The summed E-state index contributed by atoms with van der Waals surface area (Å²) in [7, 11) is 4.31. The van der Waals surface area contributed by atoms with Gasteiger partial charge in [-0.2, -0.15) is 0 Å². The zero-order valence-corrected chi connectivity index (χ0v) is 19.5. The molecule has 0 aliphatic carbocycles. The van der Waals surface area contributed by atoms with Crippen molar-refractivity contribution >= 4 is 12.4 Å². The van der Waals surface area contributed by atoms with E-state index in [2.05, 4.69) is 37.7 Å². The van der Waals surface area contributed by atoms with Crippen molar-refractivity contribution in [1.82, 2.24) is 14.7 Å². The maximum atomic E-state index is 13.3. The minimum Gasteiger partial charge on any atom is -0.483 e. The van der Waals surface area contributed by atoms with E-state index >= 15 is 0 Å². The Morgan fingerprint density at radius 3 is 2.39 bits per heavy atom. The predicted octanol–water partition coefficient (Wildman–Crippen LogP) is 2.09. The quantitative estimate of drug-likeness (QED) is 0.724. The third-order valence-electron chi connectivity index (χ3n) is 6.59. The molecule has 0 saturated carbocycles. The van der Waals surface area contributed by atoms with Gasteiger partial charge in [-0.25, -0.2) is 4.79 Å². The first-order chi connectivity index (χ1) is 14.6. The van der Waals surface area contributed by atoms with Gasteiger partial charge in [0.2, 0.25) is 0 Å². The topological polar surface area (TPSA) is 94.3 Å². The number of amides is 1. The molecule has 8 nitrogen and oxygen atoms in total. The normalized spacial score (nSPS) is 19.2. The summed E-state index contributed by atoms with van der Waals surface area (Å²) in [5.41, 5.74) is 0.475. The summed E-state index contributed by atoms with van der Waals surface area (Å²) in [6.07, 6.45) is 3.79. The van der Waals surface area contributed by atoms with Crippen molar-refractivity contribution in [3.63, 3.8) is 0 Å². The first-order valence-corrected chi connectivity index (χ1v) is 11.0. The molecule has 0 unspecified atom stereocenters. The van der Waals surface area contributed by atoms with Gasteiger partial charge in [0, 0.05) is 31.6 Å². The monoisotopic (exact) mass is 435 g/mol. The van der Waals surface area contributed by atoms with Gasteiger partial charge < -0.3 is 19.3 Å². The number of rotatable bonds is 4. The summed E-state index contributed by atoms with van der Waals surface area (Å²) in [6.45, 7) is 10.2. The van der Waals surface area contributed by atoms with Gasteiger partial charge in [0.05, 0.1) is 0 Å². The summed E-state index contributed by atoms with van der Waals surface area (Å²) in [5, 5.41) is 6.89. The Labute approximate surface area is 184 Å². The number of hydrogen-bond donors (Lipinski definition) is 1. The van der Waals surface area contributed by atoms with Crippen LogP contribution in [0.15, 0.2) is 15.3 Å². The lowest BCUT2D eigenvalue weighted by molar-refractivity contribution is -0.122. The number of nitrogens with zero attached hydrogens (tertiary/aromatic N) is 3. The summed E-state index contributed by atoms with van der Waals surface area (Å²) in [6, 6.07) is 1.87. The van der Waals surface area contributed by atoms with Crippen LogP contribution in [0.3, 0.4) is 0 Å². The lowest BCUT2D eigenvalue weighted by Crippen LogP contribution is -2.65. The highest BCUT2D eigenvalue weighted by molar-refractivity contribution is 5.95. The predicted molar refractivity (Wildman–Crippen MR) is 120 cm³/mol. The van der Waals surface area contributed by atoms with Crippen molar-refractivity contribution in [1.29, 1.82) is 0 Å². The molecule has 1 aromatic rings. The number of carbonyl (C=O) groups excluding carboxylic acids is 1. The number of piperazine rings is 1. The van der Waals surface area contributed by atoms with E-state index in [1.165, 1.54) is 0 Å². The number of likely N-dealkylation sites (tertiary alicyclic amines) is 1. The Morgan fingerprint density at radius 1 is 1.23 bits per heavy atom. The van der Waals surface area contributed by atoms with Gasteiger partial charge in [0.25, 0.3) is 12.4 Å². The van der Waals surface area contributed by atoms with Crippen LogP contribution in [0.2, 0.25) is 0 Å². The Morgan fingerprint density at radius 2 is 1.84 bits per heavy atom. The molecule has 1 N–H and O–H groups in total. The van der Waals surface area contributed by atoms with Crippen molar-refractivity contribution in [2.75, 3.05) is 46.8 Å². The van der Waals surface area contributed by atoms with Gasteiger partial charge in [-0.1, -0.05) is 13.8 Å². The summed E-state index contributed by atoms with van der Waals surface area (Å²) in [5.74, 6) is 1.05. The molecule has 0 bridgehead atoms. The van der Waals surface area contributed by atoms with Gasteiger partial charge in [-0.3, -0.25) is 14.5 Å². The number of piperidine rings is 1. The zero-order valence-electron chi connectivity index (χ0n) is 19.5. The van der Waals surface area contributed by atoms with Crippen LogP contribution in [-0.2, 0) is 11.2 Å². The van der Waals surface area contributed by atoms with Crippen LogP contribution in [0.4, 0.5) is 0 Å². The second-order valence-corrected chi connectivity index (χ2v) is 9.27. The van der Waals surface area contributed by atoms with E-state index in [0.717, 1.165) is 50.9 Å². The maximum absolute atomic E-state index is 13.3. The van der Waals surface area contributed by atoms with Gasteiger partial charge in [-0.05, 0) is 70.9 Å². The fourth-order valence-electron chi connectivity index (χ4n) is 4.45. The van der Waals surface area contributed by atoms with Gasteiger partial charge in [0.1, 0.15) is 11.3 Å². The van der Waals surface area contributed by atoms with E-state index in [0.29, 0.717) is 24.8 Å². The fraction of sp³-hybridized carbons (Fsp3) is 0.696. The molecule has 1 aromatic heterocycles. The second kappa shape index (κ2) is 10.9. The van der Waals surface area contributed by atoms with Crippen molar-refractivity contribution < 1.29 is 19.1 Å². The van der Waals surface area contributed by atoms with E-state index in [1.807, 2.05) is 17.9 Å². The van der Waals surface area contributed by atoms with Crippen LogP contribution < -0.4 is 5.63 Å². The van der Waals surface area contributed by atoms with E-state index in [4.69, 9.17) is 14.3 Å². The summed E-state index contributed by atoms with van der Waals surface area (Å²) in [4.78, 5) is 40.9. The molecule has 2 aliphatic rings. The van der Waals surface area contributed by atoms with Crippen LogP contribution in [0.25, 0.3) is 0 Å². The van der Waals surface area contributed by atoms with E-state index in [1.54, 1.807) is 0 Å². The molecular weight excluding hydrogens is 398 g/mol. The number of carboxylic acid groups (broad SMARTS) is 1. The Bertz CT molecular complexity index is 812. The molecule has 2 fully saturated rings. The molecule has 2 saturated heterocycles. The number of aryl methyl sites for hydroxylation is 2. The lowest BCUT2D eigenvalue weighted by Gasteiger charge is -2.52. The highest BCUT2D eigenvalue weighted by Gasteiger charge is 2.43. The number of hydrogen-bond acceptors (Lipinski definition) is 6. The van der Waals surface area contributed by atoms with Crippen LogP contribution in [-0.4, -0.2) is 84.5 Å². The van der Waals surface area contributed by atoms with E-state index < -0.39 is 5.63 Å². The highest BCUT2D eigenvalue weighted by atomic mass is 16.4. The fourth-order valence-corrected chi connectivity index (χ4v) is 4.45. The Hall–Kier alpha value is -2.19. The smallest absolute Gasteiger partial charge is 0.349 e. The van der Waals surface area contributed by atoms with Crippen molar-refractivity contribution in [3.8, 4) is 0 Å². The molecule has 2 aliphatic heterocycles. The molecule has 31 heavy (non-hydrogen) atoms. The first-order valence-electron chi connectivity index (χ1n) is 11.0. The molecule has 1 spiro atoms. The molecular formula is C23H37N3O5. The average Bonchev–Trinajstić information content (AvgIpc) is 2.70. The Balaban J connectivity index is 0.00000107. The maximum Gasteiger partial charge on any atom is 0.349 e. The number of likely N-dealkylation sites (N-methyl/N-ethyl adjacent to an activating group) is 1. The van der Waals surface area contributed by atoms with Crippen LogP contribution in [0.5, 0.6) is 0 Å². The summed E-state index contributed by atoms with van der Waals surface area (Å²) >= 11 is 0. The van der Waals surface area contributed by atoms with Crippen LogP contribution in [0.1, 0.15) is 54.8 Å². The average molecular weight is 436 g/mol. The molecule has 174 valence electrons. The standard InChI is InChI=1S/C22H35N3O3.CH2O2/c1-16(2)6-7-18-14-17(3)19(21(27)28-18)20(26)25-13-12-24(5)22(15-25)8-10-23(4)11-9-22;2-1-3/h14,16H,6-13,15H2,1-5H3;1H,(H,2,3). The minimum atomic E-state index is -0.486. The molecule has 0 atom stereocenters. The molecule has 8 heteroatoms. The molecule has 0 radical (unpaired) electrons.